The van der Waals surface area contributed by atoms with E-state index < -0.39 is 0 Å². The molecule has 1 aliphatic rings. The highest BCUT2D eigenvalue weighted by Gasteiger charge is 2.35. The second kappa shape index (κ2) is 6.50. The second-order valence-electron chi connectivity index (χ2n) is 4.85. The molecule has 2 atom stereocenters. The van der Waals surface area contributed by atoms with Crippen LogP contribution in [0.1, 0.15) is 32.6 Å². The summed E-state index contributed by atoms with van der Waals surface area (Å²) < 4.78 is 0. The number of thioether (sulfide) groups is 1. The van der Waals surface area contributed by atoms with Crippen molar-refractivity contribution in [2.75, 3.05) is 13.2 Å². The zero-order chi connectivity index (χ0) is 12.8. The molecule has 0 bridgehead atoms. The van der Waals surface area contributed by atoms with Gasteiger partial charge in [-0.05, 0) is 31.9 Å². The molecule has 4 nitrogen and oxygen atoms in total. The lowest BCUT2D eigenvalue weighted by molar-refractivity contribution is 0.125. The topological polar surface area (TPSA) is 58.0 Å². The van der Waals surface area contributed by atoms with Gasteiger partial charge in [0, 0.05) is 17.0 Å². The largest absolute Gasteiger partial charge is 0.394 e. The number of aromatic nitrogens is 2. The van der Waals surface area contributed by atoms with Crippen LogP contribution in [-0.2, 0) is 0 Å². The van der Waals surface area contributed by atoms with Crippen molar-refractivity contribution in [3.05, 3.63) is 18.6 Å². The molecule has 1 aromatic rings. The molecular weight excluding hydrogens is 246 g/mol. The average Bonchev–Trinajstić information content (AvgIpc) is 2.41. The third-order valence-electron chi connectivity index (χ3n) is 3.50. The number of hydrogen-bond donors (Lipinski definition) is 2. The van der Waals surface area contributed by atoms with E-state index in [0.29, 0.717) is 5.25 Å². The molecule has 2 N–H and O–H groups in total. The molecular formula is C13H21N3OS. The molecule has 0 amide bonds. The third kappa shape index (κ3) is 3.43. The average molecular weight is 267 g/mol. The number of likely N-dealkylation sites (N-methyl/N-ethyl adjacent to an activating group) is 1. The van der Waals surface area contributed by atoms with Crippen molar-refractivity contribution < 1.29 is 5.11 Å². The lowest BCUT2D eigenvalue weighted by atomic mass is 9.82. The normalized spacial score (nSPS) is 28.2. The minimum absolute atomic E-state index is 0.0856. The van der Waals surface area contributed by atoms with Gasteiger partial charge in [-0.2, -0.15) is 0 Å². The van der Waals surface area contributed by atoms with Crippen LogP contribution in [0.4, 0.5) is 0 Å². The summed E-state index contributed by atoms with van der Waals surface area (Å²) in [6, 6.07) is 1.95. The molecule has 1 heterocycles. The summed E-state index contributed by atoms with van der Waals surface area (Å²) in [6.07, 6.45) is 7.80. The van der Waals surface area contributed by atoms with Crippen LogP contribution in [0.2, 0.25) is 0 Å². The van der Waals surface area contributed by atoms with Crippen LogP contribution < -0.4 is 5.32 Å². The minimum Gasteiger partial charge on any atom is -0.394 e. The first kappa shape index (κ1) is 13.8. The fraction of sp³-hybridized carbons (Fsp3) is 0.692. The molecule has 18 heavy (non-hydrogen) atoms. The minimum atomic E-state index is -0.0856. The molecule has 2 unspecified atom stereocenters. The van der Waals surface area contributed by atoms with Gasteiger partial charge >= 0.3 is 0 Å². The first-order valence-electron chi connectivity index (χ1n) is 6.56. The first-order valence-corrected chi connectivity index (χ1v) is 7.44. The predicted molar refractivity (Wildman–Crippen MR) is 73.6 cm³/mol. The molecule has 1 fully saturated rings. The lowest BCUT2D eigenvalue weighted by Gasteiger charge is -2.40. The maximum absolute atomic E-state index is 9.66. The standard InChI is InChI=1S/C13H21N3OS/c1-2-16-13(9-17)6-3-4-11(8-13)18-12-5-7-14-10-15-12/h5,7,10-11,16-17H,2-4,6,8-9H2,1H3. The molecule has 5 heteroatoms. The molecule has 2 rings (SSSR count). The molecule has 0 spiro atoms. The van der Waals surface area contributed by atoms with E-state index >= 15 is 0 Å². The quantitative estimate of drug-likeness (QED) is 0.797. The van der Waals surface area contributed by atoms with E-state index in [1.807, 2.05) is 6.07 Å². The van der Waals surface area contributed by atoms with E-state index in [0.717, 1.165) is 30.8 Å². The Kier molecular flexibility index (Phi) is 4.97. The zero-order valence-electron chi connectivity index (χ0n) is 10.8. The van der Waals surface area contributed by atoms with Crippen molar-refractivity contribution in [1.82, 2.24) is 15.3 Å². The van der Waals surface area contributed by atoms with E-state index in [2.05, 4.69) is 22.2 Å². The molecule has 0 aromatic carbocycles. The molecule has 0 aliphatic heterocycles. The Hall–Kier alpha value is -0.650. The van der Waals surface area contributed by atoms with Crippen LogP contribution in [0.5, 0.6) is 0 Å². The predicted octanol–water partition coefficient (Wildman–Crippen LogP) is 1.85. The van der Waals surface area contributed by atoms with Gasteiger partial charge in [-0.1, -0.05) is 13.3 Å². The highest BCUT2D eigenvalue weighted by atomic mass is 32.2. The van der Waals surface area contributed by atoms with E-state index in [4.69, 9.17) is 0 Å². The third-order valence-corrected chi connectivity index (χ3v) is 4.72. The van der Waals surface area contributed by atoms with Gasteiger partial charge in [-0.25, -0.2) is 9.97 Å². The molecule has 0 saturated heterocycles. The Morgan fingerprint density at radius 2 is 2.50 bits per heavy atom. The van der Waals surface area contributed by atoms with Crippen LogP contribution in [0.15, 0.2) is 23.6 Å². The molecule has 0 radical (unpaired) electrons. The maximum Gasteiger partial charge on any atom is 0.116 e. The highest BCUT2D eigenvalue weighted by Crippen LogP contribution is 2.37. The summed E-state index contributed by atoms with van der Waals surface area (Å²) in [5.41, 5.74) is -0.0856. The number of aliphatic hydroxyl groups excluding tert-OH is 1. The van der Waals surface area contributed by atoms with Gasteiger partial charge in [0.1, 0.15) is 6.33 Å². The van der Waals surface area contributed by atoms with Crippen molar-refractivity contribution in [2.24, 2.45) is 0 Å². The van der Waals surface area contributed by atoms with E-state index in [1.54, 1.807) is 24.3 Å². The summed E-state index contributed by atoms with van der Waals surface area (Å²) in [7, 11) is 0. The van der Waals surface area contributed by atoms with Crippen LogP contribution in [0.25, 0.3) is 0 Å². The Bertz CT molecular complexity index is 359. The highest BCUT2D eigenvalue weighted by molar-refractivity contribution is 7.99. The Morgan fingerprint density at radius 3 is 3.17 bits per heavy atom. The molecule has 1 aromatic heterocycles. The monoisotopic (exact) mass is 267 g/mol. The number of hydrogen-bond acceptors (Lipinski definition) is 5. The van der Waals surface area contributed by atoms with Gasteiger partial charge in [-0.3, -0.25) is 0 Å². The Morgan fingerprint density at radius 1 is 1.61 bits per heavy atom. The van der Waals surface area contributed by atoms with Crippen LogP contribution in [-0.4, -0.2) is 39.0 Å². The van der Waals surface area contributed by atoms with Gasteiger partial charge < -0.3 is 10.4 Å². The fourth-order valence-electron chi connectivity index (χ4n) is 2.66. The second-order valence-corrected chi connectivity index (χ2v) is 6.17. The number of rotatable bonds is 5. The molecule has 1 aliphatic carbocycles. The van der Waals surface area contributed by atoms with Crippen LogP contribution in [0.3, 0.4) is 0 Å². The summed E-state index contributed by atoms with van der Waals surface area (Å²) in [5, 5.41) is 14.7. The van der Waals surface area contributed by atoms with Crippen molar-refractivity contribution in [3.8, 4) is 0 Å². The van der Waals surface area contributed by atoms with E-state index in [1.165, 1.54) is 6.42 Å². The summed E-state index contributed by atoms with van der Waals surface area (Å²) in [6.45, 7) is 3.23. The molecule has 100 valence electrons. The SMILES string of the molecule is CCNC1(CO)CCCC(Sc2ccncn2)C1. The van der Waals surface area contributed by atoms with Crippen LogP contribution >= 0.6 is 11.8 Å². The van der Waals surface area contributed by atoms with Crippen molar-refractivity contribution in [1.29, 1.82) is 0 Å². The van der Waals surface area contributed by atoms with Gasteiger partial charge in [0.25, 0.3) is 0 Å². The zero-order valence-corrected chi connectivity index (χ0v) is 11.6. The van der Waals surface area contributed by atoms with Crippen molar-refractivity contribution >= 4 is 11.8 Å². The van der Waals surface area contributed by atoms with Crippen LogP contribution in [0, 0.1) is 0 Å². The summed E-state index contributed by atoms with van der Waals surface area (Å²) in [4.78, 5) is 8.20. The number of nitrogens with one attached hydrogen (secondary N) is 1. The Balaban J connectivity index is 1.98. The smallest absolute Gasteiger partial charge is 0.116 e. The van der Waals surface area contributed by atoms with Gasteiger partial charge in [0.15, 0.2) is 0 Å². The van der Waals surface area contributed by atoms with Crippen molar-refractivity contribution in [3.63, 3.8) is 0 Å². The summed E-state index contributed by atoms with van der Waals surface area (Å²) >= 11 is 1.81. The number of aliphatic hydroxyl groups is 1. The van der Waals surface area contributed by atoms with E-state index in [-0.39, 0.29) is 12.1 Å². The van der Waals surface area contributed by atoms with Gasteiger partial charge in [-0.15, -0.1) is 11.8 Å². The lowest BCUT2D eigenvalue weighted by Crippen LogP contribution is -2.52. The van der Waals surface area contributed by atoms with E-state index in [9.17, 15) is 5.11 Å². The van der Waals surface area contributed by atoms with Gasteiger partial charge in [0.05, 0.1) is 11.6 Å². The van der Waals surface area contributed by atoms with Gasteiger partial charge in [0.2, 0.25) is 0 Å². The summed E-state index contributed by atoms with van der Waals surface area (Å²) in [5.74, 6) is 0. The molecule has 1 saturated carbocycles. The Labute approximate surface area is 113 Å². The van der Waals surface area contributed by atoms with Crippen molar-refractivity contribution in [2.45, 2.75) is 48.4 Å². The number of nitrogens with zero attached hydrogens (tertiary/aromatic N) is 2. The maximum atomic E-state index is 9.66. The fourth-order valence-corrected chi connectivity index (χ4v) is 3.94. The first-order chi connectivity index (χ1) is 8.78.